The molecule has 0 atom stereocenters. The van der Waals surface area contributed by atoms with Crippen molar-refractivity contribution in [3.05, 3.63) is 77.9 Å². The van der Waals surface area contributed by atoms with Crippen LogP contribution in [0.1, 0.15) is 20.7 Å². The van der Waals surface area contributed by atoms with Gasteiger partial charge in [-0.25, -0.2) is 14.7 Å². The van der Waals surface area contributed by atoms with Crippen molar-refractivity contribution in [3.63, 3.8) is 0 Å². The third-order valence-electron chi connectivity index (χ3n) is 4.95. The third-order valence-corrected chi connectivity index (χ3v) is 5.95. The minimum absolute atomic E-state index is 0.296. The van der Waals surface area contributed by atoms with E-state index in [-0.39, 0.29) is 11.8 Å². The number of nitrogens with zero attached hydrogens (tertiary/aromatic N) is 2. The van der Waals surface area contributed by atoms with Crippen LogP contribution in [0.5, 0.6) is 5.75 Å². The SMILES string of the molecule is COc1cccc(NC(=O)Nc2ccc3nc(N4C(=O)c5ccccc5C4=O)sc3c2)c1. The lowest BCUT2D eigenvalue weighted by atomic mass is 10.1. The smallest absolute Gasteiger partial charge is 0.323 e. The largest absolute Gasteiger partial charge is 0.497 e. The molecule has 0 spiro atoms. The summed E-state index contributed by atoms with van der Waals surface area (Å²) in [6.07, 6.45) is 0. The molecule has 5 rings (SSSR count). The zero-order valence-electron chi connectivity index (χ0n) is 16.8. The molecule has 1 aliphatic rings. The number of hydrogen-bond acceptors (Lipinski definition) is 6. The van der Waals surface area contributed by atoms with Gasteiger partial charge < -0.3 is 15.4 Å². The molecule has 0 fully saturated rings. The second kappa shape index (κ2) is 7.78. The lowest BCUT2D eigenvalue weighted by Gasteiger charge is -2.08. The first kappa shape index (κ1) is 19.7. The summed E-state index contributed by atoms with van der Waals surface area (Å²) in [6.45, 7) is 0. The maximum Gasteiger partial charge on any atom is 0.323 e. The van der Waals surface area contributed by atoms with Gasteiger partial charge in [-0.05, 0) is 42.5 Å². The van der Waals surface area contributed by atoms with Gasteiger partial charge in [-0.3, -0.25) is 9.59 Å². The fourth-order valence-corrected chi connectivity index (χ4v) is 4.45. The van der Waals surface area contributed by atoms with Crippen LogP contribution in [0.15, 0.2) is 66.7 Å². The van der Waals surface area contributed by atoms with E-state index in [4.69, 9.17) is 4.74 Å². The van der Waals surface area contributed by atoms with Crippen LogP contribution in [0.3, 0.4) is 0 Å². The first-order valence-corrected chi connectivity index (χ1v) is 10.5. The number of rotatable bonds is 4. The van der Waals surface area contributed by atoms with Gasteiger partial charge in [0.1, 0.15) is 5.75 Å². The zero-order chi connectivity index (χ0) is 22.2. The van der Waals surface area contributed by atoms with E-state index in [1.54, 1.807) is 73.8 Å². The van der Waals surface area contributed by atoms with Crippen LogP contribution >= 0.6 is 11.3 Å². The highest BCUT2D eigenvalue weighted by molar-refractivity contribution is 7.22. The molecule has 0 saturated heterocycles. The minimum Gasteiger partial charge on any atom is -0.497 e. The van der Waals surface area contributed by atoms with Crippen molar-refractivity contribution in [1.29, 1.82) is 0 Å². The van der Waals surface area contributed by atoms with Gasteiger partial charge in [-0.15, -0.1) is 0 Å². The van der Waals surface area contributed by atoms with Crippen molar-refractivity contribution in [2.24, 2.45) is 0 Å². The summed E-state index contributed by atoms with van der Waals surface area (Å²) in [5, 5.41) is 5.81. The molecule has 1 aromatic heterocycles. The quantitative estimate of drug-likeness (QED) is 0.443. The minimum atomic E-state index is -0.414. The fraction of sp³-hybridized carbons (Fsp3) is 0.0435. The Morgan fingerprint density at radius 2 is 1.59 bits per heavy atom. The molecule has 4 aromatic rings. The molecule has 0 unspecified atom stereocenters. The Kier molecular flexibility index (Phi) is 4.79. The van der Waals surface area contributed by atoms with Gasteiger partial charge >= 0.3 is 6.03 Å². The van der Waals surface area contributed by atoms with Crippen LogP contribution in [0.2, 0.25) is 0 Å². The Labute approximate surface area is 186 Å². The van der Waals surface area contributed by atoms with Crippen molar-refractivity contribution >= 4 is 55.9 Å². The van der Waals surface area contributed by atoms with Gasteiger partial charge in [0.15, 0.2) is 0 Å². The van der Waals surface area contributed by atoms with E-state index >= 15 is 0 Å². The summed E-state index contributed by atoms with van der Waals surface area (Å²) in [4.78, 5) is 43.3. The average Bonchev–Trinajstić information content (AvgIpc) is 3.32. The Morgan fingerprint density at radius 1 is 0.906 bits per heavy atom. The van der Waals surface area contributed by atoms with Crippen molar-refractivity contribution < 1.29 is 19.1 Å². The molecule has 3 aromatic carbocycles. The number of amides is 4. The molecular formula is C23H16N4O4S. The summed E-state index contributed by atoms with van der Waals surface area (Å²) in [5.41, 5.74) is 2.51. The molecule has 4 amide bonds. The van der Waals surface area contributed by atoms with E-state index < -0.39 is 6.03 Å². The number of hydrogen-bond donors (Lipinski definition) is 2. The molecule has 0 saturated carbocycles. The first-order valence-electron chi connectivity index (χ1n) is 9.64. The lowest BCUT2D eigenvalue weighted by molar-refractivity contribution is 0.0926. The van der Waals surface area contributed by atoms with Gasteiger partial charge in [0.05, 0.1) is 28.5 Å². The molecule has 0 radical (unpaired) electrons. The molecule has 2 heterocycles. The number of imide groups is 1. The van der Waals surface area contributed by atoms with Crippen molar-refractivity contribution in [2.45, 2.75) is 0 Å². The monoisotopic (exact) mass is 444 g/mol. The van der Waals surface area contributed by atoms with Crippen LogP contribution in [0.4, 0.5) is 21.3 Å². The topological polar surface area (TPSA) is 101 Å². The molecule has 2 N–H and O–H groups in total. The summed E-state index contributed by atoms with van der Waals surface area (Å²) in [7, 11) is 1.56. The Hall–Kier alpha value is -4.24. The van der Waals surface area contributed by atoms with E-state index in [0.29, 0.717) is 38.9 Å². The standard InChI is InChI=1S/C23H16N4O4S/c1-31-15-6-4-5-13(11-15)24-22(30)25-14-9-10-18-19(12-14)32-23(26-18)27-20(28)16-7-2-3-8-17(16)21(27)29/h2-12H,1H3,(H2,24,25,30). The van der Waals surface area contributed by atoms with Gasteiger partial charge in [-0.2, -0.15) is 0 Å². The van der Waals surface area contributed by atoms with Crippen LogP contribution in [-0.2, 0) is 0 Å². The molecule has 9 heteroatoms. The van der Waals surface area contributed by atoms with Crippen LogP contribution < -0.4 is 20.3 Å². The molecule has 32 heavy (non-hydrogen) atoms. The van der Waals surface area contributed by atoms with Gasteiger partial charge in [0.2, 0.25) is 5.13 Å². The highest BCUT2D eigenvalue weighted by Gasteiger charge is 2.38. The average molecular weight is 444 g/mol. The van der Waals surface area contributed by atoms with E-state index in [9.17, 15) is 14.4 Å². The molecule has 158 valence electrons. The Bertz CT molecular complexity index is 1360. The first-order chi connectivity index (χ1) is 15.5. The predicted molar refractivity (Wildman–Crippen MR) is 123 cm³/mol. The molecule has 8 nitrogen and oxygen atoms in total. The lowest BCUT2D eigenvalue weighted by Crippen LogP contribution is -2.29. The summed E-state index contributed by atoms with van der Waals surface area (Å²) < 4.78 is 5.89. The van der Waals surface area contributed by atoms with Crippen LogP contribution in [-0.4, -0.2) is 29.9 Å². The van der Waals surface area contributed by atoms with Crippen LogP contribution in [0, 0.1) is 0 Å². The van der Waals surface area contributed by atoms with Crippen molar-refractivity contribution in [3.8, 4) is 5.75 Å². The van der Waals surface area contributed by atoms with Crippen LogP contribution in [0.25, 0.3) is 10.2 Å². The van der Waals surface area contributed by atoms with E-state index in [2.05, 4.69) is 15.6 Å². The number of urea groups is 1. The summed E-state index contributed by atoms with van der Waals surface area (Å²) in [5.74, 6) is -0.143. The van der Waals surface area contributed by atoms with Crippen molar-refractivity contribution in [2.75, 3.05) is 22.6 Å². The molecule has 1 aliphatic heterocycles. The zero-order valence-corrected chi connectivity index (χ0v) is 17.6. The third kappa shape index (κ3) is 3.44. The number of methoxy groups -OCH3 is 1. The van der Waals surface area contributed by atoms with E-state index in [0.717, 1.165) is 9.60 Å². The number of thiazole rings is 1. The number of nitrogens with one attached hydrogen (secondary N) is 2. The van der Waals surface area contributed by atoms with E-state index in [1.807, 2.05) is 0 Å². The number of ether oxygens (including phenoxy) is 1. The predicted octanol–water partition coefficient (Wildman–Crippen LogP) is 4.75. The second-order valence-corrected chi connectivity index (χ2v) is 7.99. The fourth-order valence-electron chi connectivity index (χ4n) is 3.44. The van der Waals surface area contributed by atoms with Gasteiger partial charge in [-0.1, -0.05) is 29.5 Å². The molecule has 0 bridgehead atoms. The second-order valence-electron chi connectivity index (χ2n) is 6.98. The Morgan fingerprint density at radius 3 is 2.28 bits per heavy atom. The van der Waals surface area contributed by atoms with Gasteiger partial charge in [0, 0.05) is 17.4 Å². The highest BCUT2D eigenvalue weighted by atomic mass is 32.1. The normalized spacial score (nSPS) is 12.7. The maximum absolute atomic E-state index is 12.7. The number of benzene rings is 3. The Balaban J connectivity index is 1.36. The number of carbonyl (C=O) groups excluding carboxylic acids is 3. The highest BCUT2D eigenvalue weighted by Crippen LogP contribution is 2.35. The van der Waals surface area contributed by atoms with E-state index in [1.165, 1.54) is 11.3 Å². The number of anilines is 3. The number of carbonyl (C=O) groups is 3. The maximum atomic E-state index is 12.7. The molecular weight excluding hydrogens is 428 g/mol. The van der Waals surface area contributed by atoms with Gasteiger partial charge in [0.25, 0.3) is 11.8 Å². The summed E-state index contributed by atoms with van der Waals surface area (Å²) in [6, 6.07) is 18.5. The number of aromatic nitrogens is 1. The van der Waals surface area contributed by atoms with Crippen molar-refractivity contribution in [1.82, 2.24) is 4.98 Å². The summed E-state index contributed by atoms with van der Waals surface area (Å²) >= 11 is 1.21. The molecule has 0 aliphatic carbocycles. The number of fused-ring (bicyclic) bond motifs is 2.